The van der Waals surface area contributed by atoms with Crippen LogP contribution in [0.15, 0.2) is 29.3 Å². The highest BCUT2D eigenvalue weighted by atomic mass is 19.4. The van der Waals surface area contributed by atoms with E-state index in [0.29, 0.717) is 31.3 Å². The number of ether oxygens (including phenoxy) is 3. The molecule has 164 valence electrons. The molecule has 0 radical (unpaired) electrons. The Balaban J connectivity index is 1.94. The zero-order chi connectivity index (χ0) is 21.1. The summed E-state index contributed by atoms with van der Waals surface area (Å²) in [4.78, 5) is 6.65. The molecule has 29 heavy (non-hydrogen) atoms. The van der Waals surface area contributed by atoms with Crippen LogP contribution in [0.1, 0.15) is 31.7 Å². The van der Waals surface area contributed by atoms with E-state index in [-0.39, 0.29) is 18.4 Å². The summed E-state index contributed by atoms with van der Waals surface area (Å²) in [6, 6.07) is 6.08. The maximum Gasteiger partial charge on any atom is 0.573 e. The fourth-order valence-electron chi connectivity index (χ4n) is 3.13. The molecule has 2 rings (SSSR count). The number of alkyl halides is 3. The lowest BCUT2D eigenvalue weighted by atomic mass is 10.1. The molecule has 1 aromatic rings. The number of benzene rings is 1. The molecule has 0 spiro atoms. The lowest BCUT2D eigenvalue weighted by Crippen LogP contribution is -2.47. The number of nitrogens with one attached hydrogen (secondary N) is 1. The summed E-state index contributed by atoms with van der Waals surface area (Å²) in [6.45, 7) is 5.66. The van der Waals surface area contributed by atoms with E-state index in [2.05, 4.69) is 19.9 Å². The van der Waals surface area contributed by atoms with Crippen molar-refractivity contribution in [1.29, 1.82) is 0 Å². The number of hydrogen-bond donors (Lipinski definition) is 1. The van der Waals surface area contributed by atoms with E-state index in [1.165, 1.54) is 12.1 Å². The van der Waals surface area contributed by atoms with Crippen LogP contribution in [-0.4, -0.2) is 63.3 Å². The second-order valence-corrected chi connectivity index (χ2v) is 6.73. The zero-order valence-electron chi connectivity index (χ0n) is 17.0. The summed E-state index contributed by atoms with van der Waals surface area (Å²) in [5.74, 6) is 0.468. The van der Waals surface area contributed by atoms with Gasteiger partial charge in [0, 0.05) is 45.5 Å². The van der Waals surface area contributed by atoms with Gasteiger partial charge in [-0.1, -0.05) is 18.2 Å². The third kappa shape index (κ3) is 8.49. The zero-order valence-corrected chi connectivity index (χ0v) is 17.0. The molecule has 0 aromatic heterocycles. The first-order valence-corrected chi connectivity index (χ1v) is 9.90. The number of methoxy groups -OCH3 is 1. The number of para-hydroxylation sites is 1. The Bertz CT molecular complexity index is 633. The molecule has 0 saturated carbocycles. The van der Waals surface area contributed by atoms with Gasteiger partial charge in [-0.3, -0.25) is 0 Å². The van der Waals surface area contributed by atoms with E-state index in [4.69, 9.17) is 9.47 Å². The van der Waals surface area contributed by atoms with Crippen LogP contribution in [0, 0.1) is 0 Å². The SMILES string of the molecule is CCNC(=NCc1ccccc1OC(F)(F)F)N1CCC(OCCCOC)CC1. The third-order valence-corrected chi connectivity index (χ3v) is 4.52. The highest BCUT2D eigenvalue weighted by molar-refractivity contribution is 5.80. The Morgan fingerprint density at radius 3 is 2.59 bits per heavy atom. The Kier molecular flexibility index (Phi) is 9.53. The third-order valence-electron chi connectivity index (χ3n) is 4.52. The first kappa shape index (κ1) is 23.3. The molecule has 1 aromatic carbocycles. The predicted molar refractivity (Wildman–Crippen MR) is 105 cm³/mol. The van der Waals surface area contributed by atoms with Crippen molar-refractivity contribution >= 4 is 5.96 Å². The van der Waals surface area contributed by atoms with E-state index in [1.54, 1.807) is 19.2 Å². The predicted octanol–water partition coefficient (Wildman–Crippen LogP) is 3.57. The Morgan fingerprint density at radius 1 is 1.21 bits per heavy atom. The lowest BCUT2D eigenvalue weighted by molar-refractivity contribution is -0.274. The molecule has 1 saturated heterocycles. The van der Waals surface area contributed by atoms with Crippen LogP contribution < -0.4 is 10.1 Å². The normalized spacial score (nSPS) is 16.2. The van der Waals surface area contributed by atoms with Crippen molar-refractivity contribution in [3.8, 4) is 5.75 Å². The van der Waals surface area contributed by atoms with Crippen molar-refractivity contribution in [2.24, 2.45) is 4.99 Å². The number of rotatable bonds is 9. The van der Waals surface area contributed by atoms with Crippen molar-refractivity contribution in [2.45, 2.75) is 45.2 Å². The van der Waals surface area contributed by atoms with Gasteiger partial charge >= 0.3 is 6.36 Å². The van der Waals surface area contributed by atoms with Crippen LogP contribution in [0.3, 0.4) is 0 Å². The van der Waals surface area contributed by atoms with Crippen LogP contribution in [-0.2, 0) is 16.0 Å². The molecule has 1 fully saturated rings. The van der Waals surface area contributed by atoms with Gasteiger partial charge < -0.3 is 24.4 Å². The summed E-state index contributed by atoms with van der Waals surface area (Å²) in [6.07, 6.45) is -1.88. The van der Waals surface area contributed by atoms with Gasteiger partial charge in [0.25, 0.3) is 0 Å². The number of aliphatic imine (C=N–C) groups is 1. The summed E-state index contributed by atoms with van der Waals surface area (Å²) in [5.41, 5.74) is 0.386. The lowest BCUT2D eigenvalue weighted by Gasteiger charge is -2.34. The first-order valence-electron chi connectivity index (χ1n) is 9.90. The standard InChI is InChI=1S/C20H30F3N3O3/c1-3-24-19(26-11-9-17(10-12-26)28-14-6-13-27-2)25-15-16-7-4-5-8-18(16)29-20(21,22)23/h4-5,7-8,17H,3,6,9-15H2,1-2H3,(H,24,25). The van der Waals surface area contributed by atoms with Gasteiger partial charge in [-0.05, 0) is 32.3 Å². The van der Waals surface area contributed by atoms with Crippen molar-refractivity contribution < 1.29 is 27.4 Å². The van der Waals surface area contributed by atoms with Crippen LogP contribution >= 0.6 is 0 Å². The van der Waals surface area contributed by atoms with Gasteiger partial charge in [-0.15, -0.1) is 13.2 Å². The summed E-state index contributed by atoms with van der Waals surface area (Å²) >= 11 is 0. The minimum atomic E-state index is -4.73. The minimum absolute atomic E-state index is 0.0992. The van der Waals surface area contributed by atoms with Crippen molar-refractivity contribution in [2.75, 3.05) is 40.0 Å². The number of likely N-dealkylation sites (tertiary alicyclic amines) is 1. The average Bonchev–Trinajstić information content (AvgIpc) is 2.69. The Labute approximate surface area is 170 Å². The fourth-order valence-corrected chi connectivity index (χ4v) is 3.13. The summed E-state index contributed by atoms with van der Waals surface area (Å²) in [5, 5.41) is 3.22. The summed E-state index contributed by atoms with van der Waals surface area (Å²) < 4.78 is 52.8. The highest BCUT2D eigenvalue weighted by Gasteiger charge is 2.32. The van der Waals surface area contributed by atoms with Gasteiger partial charge in [0.2, 0.25) is 0 Å². The van der Waals surface area contributed by atoms with Gasteiger partial charge in [-0.25, -0.2) is 4.99 Å². The largest absolute Gasteiger partial charge is 0.573 e. The van der Waals surface area contributed by atoms with Crippen LogP contribution in [0.5, 0.6) is 5.75 Å². The number of nitrogens with zero attached hydrogens (tertiary/aromatic N) is 2. The van der Waals surface area contributed by atoms with Gasteiger partial charge in [-0.2, -0.15) is 0 Å². The molecule has 1 heterocycles. The average molecular weight is 417 g/mol. The van der Waals surface area contributed by atoms with Crippen molar-refractivity contribution in [3.63, 3.8) is 0 Å². The van der Waals surface area contributed by atoms with E-state index in [0.717, 1.165) is 32.4 Å². The first-order chi connectivity index (χ1) is 13.9. The van der Waals surface area contributed by atoms with Crippen LogP contribution in [0.4, 0.5) is 13.2 Å². The molecule has 0 atom stereocenters. The Hall–Kier alpha value is -2.00. The summed E-state index contributed by atoms with van der Waals surface area (Å²) in [7, 11) is 1.67. The second kappa shape index (κ2) is 11.9. The molecule has 1 aliphatic heterocycles. The van der Waals surface area contributed by atoms with Gasteiger partial charge in [0.05, 0.1) is 12.6 Å². The molecule has 0 unspecified atom stereocenters. The molecular formula is C20H30F3N3O3. The highest BCUT2D eigenvalue weighted by Crippen LogP contribution is 2.26. The van der Waals surface area contributed by atoms with E-state index in [1.807, 2.05) is 6.92 Å². The topological polar surface area (TPSA) is 55.3 Å². The molecule has 0 bridgehead atoms. The second-order valence-electron chi connectivity index (χ2n) is 6.73. The molecule has 0 aliphatic carbocycles. The maximum atomic E-state index is 12.6. The minimum Gasteiger partial charge on any atom is -0.405 e. The number of piperidine rings is 1. The van der Waals surface area contributed by atoms with Gasteiger partial charge in [0.15, 0.2) is 5.96 Å². The number of halogens is 3. The van der Waals surface area contributed by atoms with Gasteiger partial charge in [0.1, 0.15) is 5.75 Å². The molecule has 1 aliphatic rings. The molecule has 1 N–H and O–H groups in total. The van der Waals surface area contributed by atoms with Crippen molar-refractivity contribution in [3.05, 3.63) is 29.8 Å². The monoisotopic (exact) mass is 417 g/mol. The molecule has 6 nitrogen and oxygen atoms in total. The smallest absolute Gasteiger partial charge is 0.405 e. The molecule has 9 heteroatoms. The number of hydrogen-bond acceptors (Lipinski definition) is 4. The molecule has 0 amide bonds. The van der Waals surface area contributed by atoms with Crippen LogP contribution in [0.2, 0.25) is 0 Å². The van der Waals surface area contributed by atoms with Crippen LogP contribution in [0.25, 0.3) is 0 Å². The van der Waals surface area contributed by atoms with E-state index >= 15 is 0 Å². The quantitative estimate of drug-likeness (QED) is 0.378. The Morgan fingerprint density at radius 2 is 1.93 bits per heavy atom. The van der Waals surface area contributed by atoms with E-state index in [9.17, 15) is 13.2 Å². The van der Waals surface area contributed by atoms with Crippen molar-refractivity contribution in [1.82, 2.24) is 10.2 Å². The fraction of sp³-hybridized carbons (Fsp3) is 0.650. The van der Waals surface area contributed by atoms with E-state index < -0.39 is 6.36 Å². The maximum absolute atomic E-state index is 12.6. The number of guanidine groups is 1. The molecular weight excluding hydrogens is 387 g/mol.